The molecule has 0 aromatic heterocycles. The van der Waals surface area contributed by atoms with Crippen LogP contribution in [0.4, 0.5) is 8.78 Å². The fourth-order valence-electron chi connectivity index (χ4n) is 1.55. The second-order valence-corrected chi connectivity index (χ2v) is 4.90. The van der Waals surface area contributed by atoms with E-state index in [4.69, 9.17) is 5.73 Å². The maximum atomic E-state index is 13.8. The second kappa shape index (κ2) is 7.19. The zero-order valence-electron chi connectivity index (χ0n) is 10.8. The molecule has 0 unspecified atom stereocenters. The standard InChI is InChI=1S/C12H14BrF2NO3.ClH/c1-3-19-11(18)12(14,15)10(16)8-5-7(13)4-6(2)9(8)17;/h4-5,10,17H,3,16H2,1-2H3;1H/t10-;/m1./s1. The van der Waals surface area contributed by atoms with E-state index in [9.17, 15) is 18.7 Å². The Morgan fingerprint density at radius 2 is 2.10 bits per heavy atom. The minimum atomic E-state index is -3.92. The van der Waals surface area contributed by atoms with Gasteiger partial charge in [0.1, 0.15) is 11.8 Å². The van der Waals surface area contributed by atoms with E-state index in [1.165, 1.54) is 13.0 Å². The smallest absolute Gasteiger partial charge is 0.379 e. The van der Waals surface area contributed by atoms with Crippen LogP contribution in [-0.4, -0.2) is 23.6 Å². The van der Waals surface area contributed by atoms with Gasteiger partial charge in [-0.25, -0.2) is 4.79 Å². The minimum Gasteiger partial charge on any atom is -0.507 e. The van der Waals surface area contributed by atoms with Crippen molar-refractivity contribution < 1.29 is 23.4 Å². The zero-order chi connectivity index (χ0) is 14.8. The lowest BCUT2D eigenvalue weighted by molar-refractivity contribution is -0.174. The van der Waals surface area contributed by atoms with Gasteiger partial charge in [-0.2, -0.15) is 8.78 Å². The average molecular weight is 375 g/mol. The molecule has 8 heteroatoms. The third-order valence-corrected chi connectivity index (χ3v) is 3.03. The lowest BCUT2D eigenvalue weighted by Gasteiger charge is -2.23. The summed E-state index contributed by atoms with van der Waals surface area (Å²) in [5, 5.41) is 9.78. The number of benzene rings is 1. The van der Waals surface area contributed by atoms with Gasteiger partial charge in [0, 0.05) is 10.0 Å². The number of halogens is 4. The van der Waals surface area contributed by atoms with Crippen molar-refractivity contribution in [1.82, 2.24) is 0 Å². The zero-order valence-corrected chi connectivity index (χ0v) is 13.2. The molecule has 1 aromatic carbocycles. The summed E-state index contributed by atoms with van der Waals surface area (Å²) in [5.41, 5.74) is 5.57. The fraction of sp³-hybridized carbons (Fsp3) is 0.417. The van der Waals surface area contributed by atoms with Gasteiger partial charge in [-0.1, -0.05) is 15.9 Å². The van der Waals surface area contributed by atoms with Crippen LogP contribution in [0.3, 0.4) is 0 Å². The lowest BCUT2D eigenvalue weighted by Crippen LogP contribution is -2.41. The molecule has 0 heterocycles. The third kappa shape index (κ3) is 3.80. The van der Waals surface area contributed by atoms with Gasteiger partial charge < -0.3 is 15.6 Å². The van der Waals surface area contributed by atoms with Crippen LogP contribution >= 0.6 is 28.3 Å². The number of carbonyl (C=O) groups is 1. The first kappa shape index (κ1) is 19.1. The predicted molar refractivity (Wildman–Crippen MR) is 76.3 cm³/mol. The first-order chi connectivity index (χ1) is 8.71. The number of carbonyl (C=O) groups excluding carboxylic acids is 1. The van der Waals surface area contributed by atoms with Crippen molar-refractivity contribution in [1.29, 1.82) is 0 Å². The maximum Gasteiger partial charge on any atom is 0.379 e. The molecule has 0 radical (unpaired) electrons. The van der Waals surface area contributed by atoms with Gasteiger partial charge in [0.25, 0.3) is 0 Å². The minimum absolute atomic E-state index is 0. The monoisotopic (exact) mass is 373 g/mol. The van der Waals surface area contributed by atoms with Gasteiger partial charge in [0.15, 0.2) is 0 Å². The topological polar surface area (TPSA) is 72.5 Å². The number of hydrogen-bond donors (Lipinski definition) is 2. The van der Waals surface area contributed by atoms with Gasteiger partial charge >= 0.3 is 11.9 Å². The van der Waals surface area contributed by atoms with Crippen molar-refractivity contribution in [3.8, 4) is 5.75 Å². The van der Waals surface area contributed by atoms with E-state index in [1.54, 1.807) is 13.0 Å². The van der Waals surface area contributed by atoms with Crippen LogP contribution in [-0.2, 0) is 9.53 Å². The van der Waals surface area contributed by atoms with E-state index < -0.39 is 17.9 Å². The molecule has 0 amide bonds. The maximum absolute atomic E-state index is 13.8. The van der Waals surface area contributed by atoms with Crippen LogP contribution in [0, 0.1) is 6.92 Å². The first-order valence-electron chi connectivity index (χ1n) is 5.51. The Balaban J connectivity index is 0.00000361. The summed E-state index contributed by atoms with van der Waals surface area (Å²) < 4.78 is 32.4. The average Bonchev–Trinajstić information content (AvgIpc) is 2.33. The molecule has 0 saturated heterocycles. The van der Waals surface area contributed by atoms with Crippen LogP contribution in [0.2, 0.25) is 0 Å². The van der Waals surface area contributed by atoms with Crippen LogP contribution in [0.15, 0.2) is 16.6 Å². The fourth-order valence-corrected chi connectivity index (χ4v) is 2.14. The molecular formula is C12H15BrClF2NO3. The van der Waals surface area contributed by atoms with Crippen molar-refractivity contribution in [3.05, 3.63) is 27.7 Å². The molecule has 0 fully saturated rings. The number of phenols is 1. The number of nitrogens with two attached hydrogens (primary N) is 1. The molecule has 114 valence electrons. The molecule has 0 saturated carbocycles. The highest BCUT2D eigenvalue weighted by molar-refractivity contribution is 9.10. The highest BCUT2D eigenvalue weighted by Crippen LogP contribution is 2.38. The SMILES string of the molecule is CCOC(=O)C(F)(F)[C@H](N)c1cc(Br)cc(C)c1O.Cl. The van der Waals surface area contributed by atoms with Gasteiger partial charge in [-0.3, -0.25) is 0 Å². The summed E-state index contributed by atoms with van der Waals surface area (Å²) >= 11 is 3.12. The molecule has 0 aliphatic carbocycles. The first-order valence-corrected chi connectivity index (χ1v) is 6.30. The number of aryl methyl sites for hydroxylation is 1. The predicted octanol–water partition coefficient (Wildman–Crippen LogP) is 3.08. The second-order valence-electron chi connectivity index (χ2n) is 3.98. The van der Waals surface area contributed by atoms with Crippen LogP contribution in [0.1, 0.15) is 24.1 Å². The van der Waals surface area contributed by atoms with E-state index in [0.29, 0.717) is 10.0 Å². The highest BCUT2D eigenvalue weighted by atomic mass is 79.9. The Hall–Kier alpha value is -0.920. The van der Waals surface area contributed by atoms with Gasteiger partial charge in [-0.05, 0) is 31.5 Å². The Morgan fingerprint density at radius 3 is 2.60 bits per heavy atom. The Morgan fingerprint density at radius 1 is 1.55 bits per heavy atom. The molecule has 20 heavy (non-hydrogen) atoms. The number of hydrogen-bond acceptors (Lipinski definition) is 4. The van der Waals surface area contributed by atoms with Crippen LogP contribution in [0.25, 0.3) is 0 Å². The normalized spacial score (nSPS) is 12.5. The number of alkyl halides is 2. The van der Waals surface area contributed by atoms with E-state index >= 15 is 0 Å². The Labute approximate surface area is 129 Å². The van der Waals surface area contributed by atoms with Crippen molar-refractivity contribution in [2.75, 3.05) is 6.61 Å². The quantitative estimate of drug-likeness (QED) is 0.795. The number of aromatic hydroxyl groups is 1. The van der Waals surface area contributed by atoms with Crippen molar-refractivity contribution >= 4 is 34.3 Å². The lowest BCUT2D eigenvalue weighted by atomic mass is 9.98. The molecular weight excluding hydrogens is 359 g/mol. The molecule has 1 atom stereocenters. The van der Waals surface area contributed by atoms with E-state index in [-0.39, 0.29) is 30.3 Å². The number of esters is 1. The summed E-state index contributed by atoms with van der Waals surface area (Å²) in [7, 11) is 0. The largest absolute Gasteiger partial charge is 0.507 e. The Kier molecular flexibility index (Phi) is 6.86. The number of rotatable bonds is 4. The number of phenolic OH excluding ortho intramolecular Hbond substituents is 1. The van der Waals surface area contributed by atoms with E-state index in [1.807, 2.05) is 0 Å². The third-order valence-electron chi connectivity index (χ3n) is 2.57. The summed E-state index contributed by atoms with van der Waals surface area (Å²) in [4.78, 5) is 11.2. The van der Waals surface area contributed by atoms with Crippen molar-refractivity contribution in [2.24, 2.45) is 5.73 Å². The van der Waals surface area contributed by atoms with Gasteiger partial charge in [-0.15, -0.1) is 12.4 Å². The van der Waals surface area contributed by atoms with Crippen LogP contribution < -0.4 is 5.73 Å². The molecule has 1 rings (SSSR count). The summed E-state index contributed by atoms with van der Waals surface area (Å²) in [6.45, 7) is 2.78. The highest BCUT2D eigenvalue weighted by Gasteiger charge is 2.48. The van der Waals surface area contributed by atoms with Crippen LogP contribution in [0.5, 0.6) is 5.75 Å². The van der Waals surface area contributed by atoms with Gasteiger partial charge in [0.05, 0.1) is 6.61 Å². The molecule has 0 aliphatic rings. The van der Waals surface area contributed by atoms with Crippen molar-refractivity contribution in [2.45, 2.75) is 25.8 Å². The van der Waals surface area contributed by atoms with E-state index in [2.05, 4.69) is 20.7 Å². The van der Waals surface area contributed by atoms with E-state index in [0.717, 1.165) is 0 Å². The molecule has 4 nitrogen and oxygen atoms in total. The molecule has 0 bridgehead atoms. The summed E-state index contributed by atoms with van der Waals surface area (Å²) in [6, 6.07) is 0.816. The molecule has 3 N–H and O–H groups in total. The molecule has 1 aromatic rings. The summed E-state index contributed by atoms with van der Waals surface area (Å²) in [6.07, 6.45) is 0. The molecule has 0 aliphatic heterocycles. The summed E-state index contributed by atoms with van der Waals surface area (Å²) in [5.74, 6) is -5.99. The molecule has 0 spiro atoms. The number of ether oxygens (including phenoxy) is 1. The Bertz CT molecular complexity index is 500. The van der Waals surface area contributed by atoms with Gasteiger partial charge in [0.2, 0.25) is 0 Å². The van der Waals surface area contributed by atoms with Crippen molar-refractivity contribution in [3.63, 3.8) is 0 Å².